The highest BCUT2D eigenvalue weighted by Gasteiger charge is 2.20. The Kier molecular flexibility index (Phi) is 6.08. The quantitative estimate of drug-likeness (QED) is 0.474. The summed E-state index contributed by atoms with van der Waals surface area (Å²) in [5.74, 6) is 0.138. The van der Waals surface area contributed by atoms with Crippen molar-refractivity contribution in [2.24, 2.45) is 5.92 Å². The number of aromatic nitrogens is 5. The van der Waals surface area contributed by atoms with Gasteiger partial charge in [0.05, 0.1) is 22.3 Å². The third-order valence-corrected chi connectivity index (χ3v) is 5.79. The lowest BCUT2D eigenvalue weighted by molar-refractivity contribution is 0.0948. The zero-order valence-corrected chi connectivity index (χ0v) is 19.4. The van der Waals surface area contributed by atoms with Crippen LogP contribution in [0.4, 0.5) is 0 Å². The van der Waals surface area contributed by atoms with Crippen LogP contribution in [0.1, 0.15) is 41.2 Å². The molecule has 1 amide bonds. The highest BCUT2D eigenvalue weighted by Crippen LogP contribution is 2.27. The minimum absolute atomic E-state index is 0.103. The molecule has 4 aromatic rings. The van der Waals surface area contributed by atoms with E-state index in [0.29, 0.717) is 18.7 Å². The minimum atomic E-state index is -0.103. The van der Waals surface area contributed by atoms with Crippen LogP contribution in [0.15, 0.2) is 42.6 Å². The molecule has 0 aliphatic carbocycles. The third kappa shape index (κ3) is 4.28. The Morgan fingerprint density at radius 2 is 1.84 bits per heavy atom. The van der Waals surface area contributed by atoms with Gasteiger partial charge >= 0.3 is 0 Å². The van der Waals surface area contributed by atoms with Crippen molar-refractivity contribution < 1.29 is 4.79 Å². The minimum Gasteiger partial charge on any atom is -0.352 e. The van der Waals surface area contributed by atoms with Crippen molar-refractivity contribution in [3.8, 4) is 11.3 Å². The van der Waals surface area contributed by atoms with Crippen molar-refractivity contribution in [3.63, 3.8) is 0 Å². The molecule has 4 rings (SSSR count). The van der Waals surface area contributed by atoms with Crippen LogP contribution in [0.5, 0.6) is 0 Å². The van der Waals surface area contributed by atoms with Gasteiger partial charge in [-0.1, -0.05) is 36.8 Å². The highest BCUT2D eigenvalue weighted by molar-refractivity contribution is 6.07. The van der Waals surface area contributed by atoms with Gasteiger partial charge in [0.2, 0.25) is 0 Å². The van der Waals surface area contributed by atoms with Gasteiger partial charge in [0, 0.05) is 37.1 Å². The summed E-state index contributed by atoms with van der Waals surface area (Å²) in [5.41, 5.74) is 6.23. The Bertz CT molecular complexity index is 1250. The number of pyridine rings is 1. The summed E-state index contributed by atoms with van der Waals surface area (Å²) in [6, 6.07) is 12.1. The third-order valence-electron chi connectivity index (χ3n) is 5.79. The van der Waals surface area contributed by atoms with Gasteiger partial charge in [0.25, 0.3) is 5.91 Å². The summed E-state index contributed by atoms with van der Waals surface area (Å²) in [6.45, 7) is 12.2. The second kappa shape index (κ2) is 8.94. The summed E-state index contributed by atoms with van der Waals surface area (Å²) < 4.78 is 3.83. The molecule has 1 aromatic carbocycles. The van der Waals surface area contributed by atoms with Crippen molar-refractivity contribution in [1.82, 2.24) is 29.9 Å². The Hall–Kier alpha value is -3.48. The monoisotopic (exact) mass is 430 g/mol. The Morgan fingerprint density at radius 3 is 2.50 bits per heavy atom. The fourth-order valence-electron chi connectivity index (χ4n) is 3.94. The second-order valence-electron chi connectivity index (χ2n) is 8.49. The molecule has 0 radical (unpaired) electrons. The molecule has 1 N–H and O–H groups in total. The molecule has 3 aromatic heterocycles. The molecule has 166 valence electrons. The van der Waals surface area contributed by atoms with Crippen LogP contribution in [0, 0.1) is 26.7 Å². The predicted octanol–water partition coefficient (Wildman–Crippen LogP) is 4.31. The lowest BCUT2D eigenvalue weighted by atomic mass is 10.0. The zero-order valence-electron chi connectivity index (χ0n) is 19.4. The number of carbonyl (C=O) groups is 1. The van der Waals surface area contributed by atoms with Gasteiger partial charge in [0.1, 0.15) is 0 Å². The van der Waals surface area contributed by atoms with Gasteiger partial charge in [-0.3, -0.25) is 9.48 Å². The number of aryl methyl sites for hydroxylation is 4. The van der Waals surface area contributed by atoms with E-state index in [4.69, 9.17) is 4.98 Å². The molecule has 7 heteroatoms. The highest BCUT2D eigenvalue weighted by atomic mass is 16.1. The Labute approximate surface area is 188 Å². The molecule has 0 fully saturated rings. The van der Waals surface area contributed by atoms with Crippen molar-refractivity contribution >= 4 is 16.9 Å². The summed E-state index contributed by atoms with van der Waals surface area (Å²) in [7, 11) is 0. The van der Waals surface area contributed by atoms with Gasteiger partial charge in [0.15, 0.2) is 5.65 Å². The van der Waals surface area contributed by atoms with E-state index in [-0.39, 0.29) is 11.8 Å². The smallest absolute Gasteiger partial charge is 0.252 e. The van der Waals surface area contributed by atoms with Crippen LogP contribution in [0.3, 0.4) is 0 Å². The fraction of sp³-hybridized carbons (Fsp3) is 0.360. The molecule has 0 unspecified atom stereocenters. The SMILES string of the molecule is CCn1nc(C)c2c(C(=O)NC[C@@H](C)Cn3nccc3C)cc(-c3ccc(C)cc3)nc21. The van der Waals surface area contributed by atoms with Crippen molar-refractivity contribution in [2.75, 3.05) is 6.54 Å². The first-order valence-electron chi connectivity index (χ1n) is 11.1. The van der Waals surface area contributed by atoms with Crippen LogP contribution < -0.4 is 5.32 Å². The molecular formula is C25H30N6O. The molecule has 0 bridgehead atoms. The normalized spacial score (nSPS) is 12.3. The number of amides is 1. The Balaban J connectivity index is 1.65. The lowest BCUT2D eigenvalue weighted by Crippen LogP contribution is -2.30. The van der Waals surface area contributed by atoms with Gasteiger partial charge in [-0.25, -0.2) is 9.67 Å². The Morgan fingerprint density at radius 1 is 1.09 bits per heavy atom. The van der Waals surface area contributed by atoms with Crippen LogP contribution >= 0.6 is 0 Å². The second-order valence-corrected chi connectivity index (χ2v) is 8.49. The molecule has 3 heterocycles. The number of fused-ring (bicyclic) bond motifs is 1. The number of carbonyl (C=O) groups excluding carboxylic acids is 1. The number of rotatable bonds is 7. The average molecular weight is 431 g/mol. The molecule has 0 spiro atoms. The van der Waals surface area contributed by atoms with Crippen molar-refractivity contribution in [3.05, 3.63) is 65.1 Å². The first-order valence-corrected chi connectivity index (χ1v) is 11.1. The standard InChI is InChI=1S/C25H30N6O/c1-6-30-24-23(19(5)29-30)21(13-22(28-24)20-9-7-16(2)8-10-20)25(32)26-14-17(3)15-31-18(4)11-12-27-31/h7-13,17H,6,14-15H2,1-5H3,(H,26,32)/t17-/m1/s1. The number of hydrogen-bond acceptors (Lipinski definition) is 4. The van der Waals surface area contributed by atoms with Gasteiger partial charge in [-0.15, -0.1) is 0 Å². The number of nitrogens with one attached hydrogen (secondary N) is 1. The molecule has 0 aliphatic heterocycles. The number of benzene rings is 1. The van der Waals surface area contributed by atoms with Crippen molar-refractivity contribution in [2.45, 2.75) is 47.7 Å². The molecular weight excluding hydrogens is 400 g/mol. The first kappa shape index (κ1) is 21.7. The van der Waals surface area contributed by atoms with Crippen LogP contribution in [-0.4, -0.2) is 37.0 Å². The molecule has 1 atom stereocenters. The molecule has 0 saturated heterocycles. The summed E-state index contributed by atoms with van der Waals surface area (Å²) in [5, 5.41) is 12.9. The topological polar surface area (TPSA) is 77.6 Å². The van der Waals surface area contributed by atoms with E-state index in [2.05, 4.69) is 41.5 Å². The van der Waals surface area contributed by atoms with Crippen LogP contribution in [0.2, 0.25) is 0 Å². The van der Waals surface area contributed by atoms with Gasteiger partial charge in [-0.05, 0) is 45.7 Å². The molecule has 0 aliphatic rings. The predicted molar refractivity (Wildman–Crippen MR) is 127 cm³/mol. The average Bonchev–Trinajstić information content (AvgIpc) is 3.34. The zero-order chi connectivity index (χ0) is 22.8. The van der Waals surface area contributed by atoms with E-state index in [9.17, 15) is 4.79 Å². The van der Waals surface area contributed by atoms with Crippen molar-refractivity contribution in [1.29, 1.82) is 0 Å². The molecule has 0 saturated carbocycles. The maximum atomic E-state index is 13.3. The maximum Gasteiger partial charge on any atom is 0.252 e. The summed E-state index contributed by atoms with van der Waals surface area (Å²) >= 11 is 0. The van der Waals surface area contributed by atoms with Gasteiger partial charge in [-0.2, -0.15) is 10.2 Å². The molecule has 32 heavy (non-hydrogen) atoms. The van der Waals surface area contributed by atoms with E-state index in [1.807, 2.05) is 54.4 Å². The van der Waals surface area contributed by atoms with E-state index >= 15 is 0 Å². The summed E-state index contributed by atoms with van der Waals surface area (Å²) in [4.78, 5) is 18.2. The van der Waals surface area contributed by atoms with E-state index in [0.717, 1.165) is 40.2 Å². The summed E-state index contributed by atoms with van der Waals surface area (Å²) in [6.07, 6.45) is 1.80. The van der Waals surface area contributed by atoms with E-state index < -0.39 is 0 Å². The van der Waals surface area contributed by atoms with Gasteiger partial charge < -0.3 is 5.32 Å². The van der Waals surface area contributed by atoms with E-state index in [1.165, 1.54) is 5.56 Å². The lowest BCUT2D eigenvalue weighted by Gasteiger charge is -2.15. The van der Waals surface area contributed by atoms with Crippen LogP contribution in [-0.2, 0) is 13.1 Å². The first-order chi connectivity index (χ1) is 15.4. The molecule has 7 nitrogen and oxygen atoms in total. The fourth-order valence-corrected chi connectivity index (χ4v) is 3.94. The maximum absolute atomic E-state index is 13.3. The van der Waals surface area contributed by atoms with Crippen LogP contribution in [0.25, 0.3) is 22.3 Å². The van der Waals surface area contributed by atoms with E-state index in [1.54, 1.807) is 6.20 Å². The largest absolute Gasteiger partial charge is 0.352 e. The number of nitrogens with zero attached hydrogens (tertiary/aromatic N) is 5. The number of hydrogen-bond donors (Lipinski definition) is 1.